The maximum Gasteiger partial charge on any atom is 0.250 e. The molecule has 0 bridgehead atoms. The fourth-order valence-corrected chi connectivity index (χ4v) is 3.63. The van der Waals surface area contributed by atoms with Crippen LogP contribution in [0.2, 0.25) is 0 Å². The molecule has 0 spiro atoms. The third-order valence-electron chi connectivity index (χ3n) is 5.40. The lowest BCUT2D eigenvalue weighted by Gasteiger charge is -2.28. The van der Waals surface area contributed by atoms with Gasteiger partial charge in [0, 0.05) is 24.8 Å². The van der Waals surface area contributed by atoms with Gasteiger partial charge in [-0.05, 0) is 55.7 Å². The molecule has 0 unspecified atom stereocenters. The Morgan fingerprint density at radius 1 is 1.07 bits per heavy atom. The van der Waals surface area contributed by atoms with Crippen molar-refractivity contribution in [1.29, 1.82) is 0 Å². The predicted octanol–water partition coefficient (Wildman–Crippen LogP) is 4.15. The van der Waals surface area contributed by atoms with E-state index in [1.807, 2.05) is 12.3 Å². The second-order valence-electron chi connectivity index (χ2n) is 7.78. The molecule has 1 aliphatic rings. The zero-order valence-electron chi connectivity index (χ0n) is 17.4. The van der Waals surface area contributed by atoms with Crippen molar-refractivity contribution in [1.82, 2.24) is 15.2 Å². The second-order valence-corrected chi connectivity index (χ2v) is 7.78. The van der Waals surface area contributed by atoms with Crippen LogP contribution in [0, 0.1) is 5.92 Å². The summed E-state index contributed by atoms with van der Waals surface area (Å²) in [6, 6.07) is 14.1. The van der Waals surface area contributed by atoms with Crippen LogP contribution in [-0.4, -0.2) is 23.1 Å². The number of aromatic nitrogens is 1. The average Bonchev–Trinajstić information content (AvgIpc) is 2.71. The maximum atomic E-state index is 11.8. The van der Waals surface area contributed by atoms with Gasteiger partial charge in [-0.25, -0.2) is 4.99 Å². The lowest BCUT2D eigenvalue weighted by molar-refractivity contribution is 0.329. The van der Waals surface area contributed by atoms with Crippen molar-refractivity contribution in [2.75, 3.05) is 6.54 Å². The highest BCUT2D eigenvalue weighted by Crippen LogP contribution is 2.23. The molecule has 3 rings (SSSR count). The van der Waals surface area contributed by atoms with Gasteiger partial charge in [-0.2, -0.15) is 0 Å². The average molecular weight is 508 g/mol. The molecular formula is C23H33IN4O. The number of hydrogen-bond donors (Lipinski definition) is 2. The minimum Gasteiger partial charge on any atom is -0.357 e. The van der Waals surface area contributed by atoms with Gasteiger partial charge in [-0.1, -0.05) is 37.3 Å². The summed E-state index contributed by atoms with van der Waals surface area (Å²) >= 11 is 0. The van der Waals surface area contributed by atoms with Crippen molar-refractivity contribution >= 4 is 29.9 Å². The Labute approximate surface area is 191 Å². The predicted molar refractivity (Wildman–Crippen MR) is 131 cm³/mol. The van der Waals surface area contributed by atoms with Gasteiger partial charge in [0.1, 0.15) is 0 Å². The number of rotatable bonds is 6. The number of nitrogens with one attached hydrogen (secondary N) is 2. The number of benzene rings is 1. The molecule has 1 aliphatic carbocycles. The first kappa shape index (κ1) is 23.4. The van der Waals surface area contributed by atoms with Gasteiger partial charge < -0.3 is 15.2 Å². The molecule has 0 atom stereocenters. The summed E-state index contributed by atoms with van der Waals surface area (Å²) in [4.78, 5) is 16.6. The minimum absolute atomic E-state index is 0. The van der Waals surface area contributed by atoms with Crippen LogP contribution >= 0.6 is 24.0 Å². The molecule has 2 N–H and O–H groups in total. The molecule has 29 heavy (non-hydrogen) atoms. The number of guanidine groups is 1. The smallest absolute Gasteiger partial charge is 0.250 e. The van der Waals surface area contributed by atoms with Gasteiger partial charge >= 0.3 is 0 Å². The zero-order chi connectivity index (χ0) is 19.8. The number of pyridine rings is 1. The molecule has 0 aliphatic heterocycles. The van der Waals surface area contributed by atoms with Gasteiger partial charge in [-0.3, -0.25) is 4.79 Å². The molecule has 0 amide bonds. The molecule has 1 aromatic carbocycles. The Morgan fingerprint density at radius 3 is 2.41 bits per heavy atom. The van der Waals surface area contributed by atoms with Gasteiger partial charge in [-0.15, -0.1) is 24.0 Å². The van der Waals surface area contributed by atoms with Crippen molar-refractivity contribution in [2.24, 2.45) is 10.9 Å². The van der Waals surface area contributed by atoms with Gasteiger partial charge in [0.25, 0.3) is 5.56 Å². The van der Waals surface area contributed by atoms with E-state index in [1.165, 1.54) is 31.2 Å². The molecule has 2 aromatic rings. The monoisotopic (exact) mass is 508 g/mol. The van der Waals surface area contributed by atoms with E-state index < -0.39 is 0 Å². The van der Waals surface area contributed by atoms with Crippen molar-refractivity contribution in [3.8, 4) is 0 Å². The lowest BCUT2D eigenvalue weighted by atomic mass is 9.87. The van der Waals surface area contributed by atoms with E-state index >= 15 is 0 Å². The third kappa shape index (κ3) is 7.49. The molecule has 1 fully saturated rings. The number of nitrogens with zero attached hydrogens (tertiary/aromatic N) is 2. The minimum atomic E-state index is 0. The zero-order valence-corrected chi connectivity index (χ0v) is 19.8. The Kier molecular flexibility index (Phi) is 9.70. The summed E-state index contributed by atoms with van der Waals surface area (Å²) in [5.41, 5.74) is 2.30. The number of hydrogen-bond acceptors (Lipinski definition) is 2. The highest BCUT2D eigenvalue weighted by molar-refractivity contribution is 14.0. The summed E-state index contributed by atoms with van der Waals surface area (Å²) in [5.74, 6) is 1.75. The van der Waals surface area contributed by atoms with E-state index in [0.29, 0.717) is 19.1 Å². The topological polar surface area (TPSA) is 58.4 Å². The number of halogens is 1. The molecular weight excluding hydrogens is 475 g/mol. The van der Waals surface area contributed by atoms with Crippen LogP contribution in [-0.2, 0) is 13.1 Å². The highest BCUT2D eigenvalue weighted by atomic mass is 127. The van der Waals surface area contributed by atoms with Crippen LogP contribution in [0.3, 0.4) is 0 Å². The van der Waals surface area contributed by atoms with Gasteiger partial charge in [0.05, 0.1) is 13.1 Å². The standard InChI is InChI=1S/C23H32N4O.HI/c1-3-24-23(26-21-13-7-18(2)8-14-21)25-16-19-9-11-20(12-10-19)17-27-15-5-4-6-22(27)28;/h4-6,9-12,15,18,21H,3,7-8,13-14,16-17H2,1-2H3,(H2,24,25,26);1H. The van der Waals surface area contributed by atoms with E-state index in [0.717, 1.165) is 24.0 Å². The molecule has 158 valence electrons. The normalized spacial score (nSPS) is 19.3. The van der Waals surface area contributed by atoms with Crippen molar-refractivity contribution in [2.45, 2.75) is 58.7 Å². The molecule has 1 aromatic heterocycles. The van der Waals surface area contributed by atoms with Gasteiger partial charge in [0.2, 0.25) is 0 Å². The van der Waals surface area contributed by atoms with E-state index in [-0.39, 0.29) is 29.5 Å². The summed E-state index contributed by atoms with van der Waals surface area (Å²) < 4.78 is 1.71. The molecule has 6 heteroatoms. The third-order valence-corrected chi connectivity index (χ3v) is 5.40. The SMILES string of the molecule is CCNC(=NCc1ccc(Cn2ccccc2=O)cc1)NC1CCC(C)CC1.I. The summed E-state index contributed by atoms with van der Waals surface area (Å²) in [7, 11) is 0. The first-order valence-electron chi connectivity index (χ1n) is 10.4. The molecule has 5 nitrogen and oxygen atoms in total. The molecule has 1 saturated carbocycles. The van der Waals surface area contributed by atoms with Crippen LogP contribution in [0.5, 0.6) is 0 Å². The van der Waals surface area contributed by atoms with Crippen LogP contribution in [0.1, 0.15) is 50.7 Å². The maximum absolute atomic E-state index is 11.8. The van der Waals surface area contributed by atoms with E-state index in [1.54, 1.807) is 16.7 Å². The Balaban J connectivity index is 0.00000300. The Hall–Kier alpha value is -1.83. The van der Waals surface area contributed by atoms with Crippen molar-refractivity contribution in [3.63, 3.8) is 0 Å². The number of aliphatic imine (C=N–C) groups is 1. The molecule has 1 heterocycles. The van der Waals surface area contributed by atoms with Gasteiger partial charge in [0.15, 0.2) is 5.96 Å². The van der Waals surface area contributed by atoms with Crippen LogP contribution in [0.25, 0.3) is 0 Å². The van der Waals surface area contributed by atoms with Crippen LogP contribution < -0.4 is 16.2 Å². The van der Waals surface area contributed by atoms with E-state index in [9.17, 15) is 4.79 Å². The Morgan fingerprint density at radius 2 is 1.76 bits per heavy atom. The fraction of sp³-hybridized carbons (Fsp3) is 0.478. The van der Waals surface area contributed by atoms with Crippen LogP contribution in [0.4, 0.5) is 0 Å². The second kappa shape index (κ2) is 12.0. The van der Waals surface area contributed by atoms with Crippen molar-refractivity contribution in [3.05, 3.63) is 70.1 Å². The quantitative estimate of drug-likeness (QED) is 0.350. The van der Waals surface area contributed by atoms with E-state index in [4.69, 9.17) is 4.99 Å². The van der Waals surface area contributed by atoms with Crippen LogP contribution in [0.15, 0.2) is 58.4 Å². The first-order valence-corrected chi connectivity index (χ1v) is 10.4. The highest BCUT2D eigenvalue weighted by Gasteiger charge is 2.18. The Bertz CT molecular complexity index is 823. The van der Waals surface area contributed by atoms with Crippen molar-refractivity contribution < 1.29 is 0 Å². The van der Waals surface area contributed by atoms with E-state index in [2.05, 4.69) is 48.7 Å². The molecule has 0 saturated heterocycles. The summed E-state index contributed by atoms with van der Waals surface area (Å²) in [6.45, 7) is 6.53. The lowest BCUT2D eigenvalue weighted by Crippen LogP contribution is -2.44. The fourth-order valence-electron chi connectivity index (χ4n) is 3.63. The summed E-state index contributed by atoms with van der Waals surface area (Å²) in [6.07, 6.45) is 6.85. The largest absolute Gasteiger partial charge is 0.357 e. The molecule has 0 radical (unpaired) electrons. The summed E-state index contributed by atoms with van der Waals surface area (Å²) in [5, 5.41) is 6.96. The first-order chi connectivity index (χ1) is 13.6.